The van der Waals surface area contributed by atoms with Crippen molar-refractivity contribution in [3.05, 3.63) is 72.3 Å². The summed E-state index contributed by atoms with van der Waals surface area (Å²) in [6, 6.07) is 21.5. The van der Waals surface area contributed by atoms with Gasteiger partial charge in [0.05, 0.1) is 0 Å². The molecule has 0 aliphatic carbocycles. The summed E-state index contributed by atoms with van der Waals surface area (Å²) in [5, 5.41) is 2.62. The monoisotopic (exact) mass is 422 g/mol. The predicted molar refractivity (Wildman–Crippen MR) is 131 cm³/mol. The molecule has 0 N–H and O–H groups in total. The molecule has 0 amide bonds. The van der Waals surface area contributed by atoms with Crippen LogP contribution in [0.4, 0.5) is 0 Å². The Morgan fingerprint density at radius 3 is 1.83 bits per heavy atom. The van der Waals surface area contributed by atoms with Gasteiger partial charge in [-0.15, -0.1) is 0 Å². The van der Waals surface area contributed by atoms with Crippen LogP contribution in [0.15, 0.2) is 72.3 Å². The largest absolute Gasteiger partial charge is 0.407 e. The van der Waals surface area contributed by atoms with Crippen molar-refractivity contribution >= 4 is 24.5 Å². The highest BCUT2D eigenvalue weighted by atomic mass is 28.4. The molecule has 2 nitrogen and oxygen atoms in total. The van der Waals surface area contributed by atoms with E-state index >= 15 is 0 Å². The minimum atomic E-state index is -2.47. The molecule has 30 heavy (non-hydrogen) atoms. The fourth-order valence-electron chi connectivity index (χ4n) is 4.25. The van der Waals surface area contributed by atoms with Crippen molar-refractivity contribution in [2.45, 2.75) is 71.8 Å². The quantitative estimate of drug-likeness (QED) is 0.250. The summed E-state index contributed by atoms with van der Waals surface area (Å²) < 4.78 is 6.95. The maximum atomic E-state index is 11.6. The third-order valence-electron chi connectivity index (χ3n) is 5.64. The molecule has 0 atom stereocenters. The molecule has 0 heterocycles. The zero-order valence-electron chi connectivity index (χ0n) is 19.4. The fraction of sp³-hybridized carbons (Fsp3) is 0.444. The van der Waals surface area contributed by atoms with Gasteiger partial charge in [-0.2, -0.15) is 0 Å². The van der Waals surface area contributed by atoms with Gasteiger partial charge in [-0.1, -0.05) is 100 Å². The first-order chi connectivity index (χ1) is 14.3. The second-order valence-corrected chi connectivity index (χ2v) is 13.4. The number of rotatable bonds is 11. The molecule has 0 unspecified atom stereocenters. The van der Waals surface area contributed by atoms with Gasteiger partial charge in [0, 0.05) is 6.61 Å². The molecule has 3 heteroatoms. The van der Waals surface area contributed by atoms with Crippen LogP contribution in [0.1, 0.15) is 66.7 Å². The lowest BCUT2D eigenvalue weighted by molar-refractivity contribution is -0.112. The third-order valence-corrected chi connectivity index (χ3v) is 10.7. The summed E-state index contributed by atoms with van der Waals surface area (Å²) in [4.78, 5) is 11.6. The van der Waals surface area contributed by atoms with Gasteiger partial charge in [-0.05, 0) is 54.1 Å². The van der Waals surface area contributed by atoms with E-state index in [1.54, 1.807) is 6.92 Å². The summed E-state index contributed by atoms with van der Waals surface area (Å²) in [6.45, 7) is 11.5. The van der Waals surface area contributed by atoms with Crippen molar-refractivity contribution in [2.75, 3.05) is 6.61 Å². The van der Waals surface area contributed by atoms with Gasteiger partial charge in [0.1, 0.15) is 0 Å². The van der Waals surface area contributed by atoms with Crippen LogP contribution in [0.5, 0.6) is 0 Å². The van der Waals surface area contributed by atoms with Crippen molar-refractivity contribution in [1.82, 2.24) is 0 Å². The van der Waals surface area contributed by atoms with Crippen LogP contribution in [-0.2, 0) is 9.22 Å². The molecule has 0 aromatic heterocycles. The van der Waals surface area contributed by atoms with Crippen molar-refractivity contribution in [2.24, 2.45) is 0 Å². The summed E-state index contributed by atoms with van der Waals surface area (Å²) in [6.07, 6.45) is 6.99. The summed E-state index contributed by atoms with van der Waals surface area (Å²) >= 11 is 0. The van der Waals surface area contributed by atoms with Crippen LogP contribution < -0.4 is 10.4 Å². The maximum absolute atomic E-state index is 11.6. The Labute approximate surface area is 184 Å². The lowest BCUT2D eigenvalue weighted by Crippen LogP contribution is -2.66. The van der Waals surface area contributed by atoms with Gasteiger partial charge in [-0.25, -0.2) is 0 Å². The molecule has 0 aliphatic rings. The van der Waals surface area contributed by atoms with Gasteiger partial charge >= 0.3 is 0 Å². The van der Waals surface area contributed by atoms with E-state index in [2.05, 4.69) is 88.4 Å². The van der Waals surface area contributed by atoms with Gasteiger partial charge in [0.15, 0.2) is 5.78 Å². The molecular weight excluding hydrogens is 384 g/mol. The van der Waals surface area contributed by atoms with E-state index in [9.17, 15) is 4.79 Å². The molecule has 2 aromatic carbocycles. The number of carbonyl (C=O) groups is 1. The number of hydrogen-bond acceptors (Lipinski definition) is 2. The van der Waals surface area contributed by atoms with E-state index < -0.39 is 8.32 Å². The van der Waals surface area contributed by atoms with Gasteiger partial charge in [-0.3, -0.25) is 4.79 Å². The Balaban J connectivity index is 2.27. The highest BCUT2D eigenvalue weighted by Gasteiger charge is 2.49. The molecule has 0 saturated carbocycles. The summed E-state index contributed by atoms with van der Waals surface area (Å²) in [7, 11) is -2.47. The van der Waals surface area contributed by atoms with Gasteiger partial charge in [0.25, 0.3) is 8.32 Å². The number of ketones is 1. The molecule has 0 radical (unpaired) electrons. The zero-order chi connectivity index (χ0) is 22.0. The fourth-order valence-corrected chi connectivity index (χ4v) is 8.85. The first-order valence-corrected chi connectivity index (χ1v) is 13.2. The van der Waals surface area contributed by atoms with Crippen LogP contribution in [0, 0.1) is 0 Å². The van der Waals surface area contributed by atoms with E-state index in [-0.39, 0.29) is 10.8 Å². The van der Waals surface area contributed by atoms with E-state index in [1.807, 2.05) is 6.08 Å². The lowest BCUT2D eigenvalue weighted by Gasteiger charge is -2.43. The normalized spacial score (nSPS) is 12.8. The maximum Gasteiger partial charge on any atom is 0.261 e. The first-order valence-electron chi connectivity index (χ1n) is 11.3. The van der Waals surface area contributed by atoms with Crippen molar-refractivity contribution < 1.29 is 9.22 Å². The van der Waals surface area contributed by atoms with Gasteiger partial charge < -0.3 is 4.43 Å². The van der Waals surface area contributed by atoms with E-state index in [1.165, 1.54) is 15.9 Å². The van der Waals surface area contributed by atoms with Crippen molar-refractivity contribution in [3.8, 4) is 0 Å². The third kappa shape index (κ3) is 6.26. The smallest absolute Gasteiger partial charge is 0.261 e. The number of allylic oxidation sites excluding steroid dienone is 2. The standard InChI is InChI=1S/C27H38O2Si/c1-6-7-15-24(22-23(2)28)16-14-21-29-30(27(3,4)5,25-17-10-8-11-18-25)26-19-12-9-13-20-26/h8-13,17-20,22H,6-7,14-16,21H2,1-5H3/b24-22-. The van der Waals surface area contributed by atoms with Crippen molar-refractivity contribution in [1.29, 1.82) is 0 Å². The number of benzene rings is 2. The average Bonchev–Trinajstić information content (AvgIpc) is 2.72. The van der Waals surface area contributed by atoms with Crippen LogP contribution in [-0.4, -0.2) is 20.7 Å². The average molecular weight is 423 g/mol. The highest BCUT2D eigenvalue weighted by Crippen LogP contribution is 2.36. The minimum Gasteiger partial charge on any atom is -0.407 e. The second-order valence-electron chi connectivity index (χ2n) is 9.13. The van der Waals surface area contributed by atoms with E-state index in [4.69, 9.17) is 4.43 Å². The number of unbranched alkanes of at least 4 members (excludes halogenated alkanes) is 1. The Kier molecular flexibility index (Phi) is 9.26. The molecule has 2 aromatic rings. The van der Waals surface area contributed by atoms with Gasteiger partial charge in [0.2, 0.25) is 0 Å². The minimum absolute atomic E-state index is 0.00400. The van der Waals surface area contributed by atoms with E-state index in [0.29, 0.717) is 6.61 Å². The zero-order valence-corrected chi connectivity index (χ0v) is 20.4. The van der Waals surface area contributed by atoms with Crippen LogP contribution >= 0.6 is 0 Å². The Bertz CT molecular complexity index is 764. The highest BCUT2D eigenvalue weighted by molar-refractivity contribution is 6.99. The molecule has 2 rings (SSSR count). The number of hydrogen-bond donors (Lipinski definition) is 0. The summed E-state index contributed by atoms with van der Waals surface area (Å²) in [5.41, 5.74) is 1.26. The molecule has 0 bridgehead atoms. The molecule has 0 aliphatic heterocycles. The van der Waals surface area contributed by atoms with Crippen LogP contribution in [0.25, 0.3) is 0 Å². The van der Waals surface area contributed by atoms with Crippen LogP contribution in [0.2, 0.25) is 5.04 Å². The van der Waals surface area contributed by atoms with Crippen molar-refractivity contribution in [3.63, 3.8) is 0 Å². The molecule has 0 fully saturated rings. The second kappa shape index (κ2) is 11.4. The molecular formula is C27H38O2Si. The lowest BCUT2D eigenvalue weighted by atomic mass is 10.0. The molecule has 162 valence electrons. The molecule has 0 spiro atoms. The van der Waals surface area contributed by atoms with E-state index in [0.717, 1.165) is 32.1 Å². The first kappa shape index (κ1) is 24.3. The Morgan fingerprint density at radius 2 is 1.40 bits per heavy atom. The predicted octanol–water partition coefficient (Wildman–Crippen LogP) is 6.05. The molecule has 0 saturated heterocycles. The topological polar surface area (TPSA) is 26.3 Å². The Morgan fingerprint density at radius 1 is 0.900 bits per heavy atom. The SMILES string of the molecule is CCCC/C(=C/C(C)=O)CCCO[Si](c1ccccc1)(c1ccccc1)C(C)(C)C. The number of carbonyl (C=O) groups excluding carboxylic acids is 1. The Hall–Kier alpha value is -1.97. The summed E-state index contributed by atoms with van der Waals surface area (Å²) in [5.74, 6) is 0.147. The van der Waals surface area contributed by atoms with Crippen LogP contribution in [0.3, 0.4) is 0 Å².